The van der Waals surface area contributed by atoms with Gasteiger partial charge in [0, 0.05) is 34.7 Å². The van der Waals surface area contributed by atoms with E-state index in [0.29, 0.717) is 28.0 Å². The van der Waals surface area contributed by atoms with Crippen LogP contribution < -0.4 is 5.32 Å². The summed E-state index contributed by atoms with van der Waals surface area (Å²) in [5.41, 5.74) is 0.683. The zero-order valence-corrected chi connectivity index (χ0v) is 16.3. The Kier molecular flexibility index (Phi) is 6.54. The van der Waals surface area contributed by atoms with E-state index in [2.05, 4.69) is 20.8 Å². The van der Waals surface area contributed by atoms with Crippen LogP contribution in [0.25, 0.3) is 0 Å². The number of thioether (sulfide) groups is 1. The van der Waals surface area contributed by atoms with Crippen molar-refractivity contribution in [3.8, 4) is 0 Å². The summed E-state index contributed by atoms with van der Waals surface area (Å²) in [6.45, 7) is 0. The Morgan fingerprint density at radius 3 is 2.73 bits per heavy atom. The van der Waals surface area contributed by atoms with E-state index >= 15 is 0 Å². The van der Waals surface area contributed by atoms with Crippen LogP contribution >= 0.6 is 35.1 Å². The third-order valence-corrected chi connectivity index (χ3v) is 5.85. The van der Waals surface area contributed by atoms with Crippen LogP contribution in [0.3, 0.4) is 0 Å². The van der Waals surface area contributed by atoms with Crippen molar-refractivity contribution in [1.29, 1.82) is 0 Å². The Balaban J connectivity index is 1.52. The minimum absolute atomic E-state index is 0.0767. The molecule has 9 heteroatoms. The topological polar surface area (TPSA) is 72.7 Å². The highest BCUT2D eigenvalue weighted by Gasteiger charge is 2.09. The number of benzene rings is 2. The molecule has 0 aliphatic carbocycles. The molecule has 6 nitrogen and oxygen atoms in total. The largest absolute Gasteiger partial charge is 0.326 e. The molecule has 0 radical (unpaired) electrons. The number of aryl methyl sites for hydroxylation is 1. The molecule has 3 aromatic rings. The second kappa shape index (κ2) is 9.07. The molecule has 0 spiro atoms. The van der Waals surface area contributed by atoms with Crippen LogP contribution in [0.2, 0.25) is 5.02 Å². The van der Waals surface area contributed by atoms with E-state index < -0.39 is 0 Å². The highest BCUT2D eigenvalue weighted by Crippen LogP contribution is 2.34. The summed E-state index contributed by atoms with van der Waals surface area (Å²) in [7, 11) is 1.76. The summed E-state index contributed by atoms with van der Waals surface area (Å²) >= 11 is 9.37. The zero-order valence-electron chi connectivity index (χ0n) is 13.9. The number of hydrogen-bond acceptors (Lipinski definition) is 6. The Labute approximate surface area is 164 Å². The van der Waals surface area contributed by atoms with Gasteiger partial charge in [0.25, 0.3) is 0 Å². The highest BCUT2D eigenvalue weighted by molar-refractivity contribution is 7.99. The number of halogens is 1. The second-order valence-corrected chi connectivity index (χ2v) is 7.88. The Hall–Kier alpha value is -2.03. The molecule has 0 aliphatic rings. The number of hydrogen-bond donors (Lipinski definition) is 1. The lowest BCUT2D eigenvalue weighted by atomic mass is 10.3. The van der Waals surface area contributed by atoms with Crippen molar-refractivity contribution in [3.05, 3.63) is 53.6 Å². The van der Waals surface area contributed by atoms with Gasteiger partial charge < -0.3 is 5.32 Å². The molecule has 0 saturated carbocycles. The summed E-state index contributed by atoms with van der Waals surface area (Å²) in [6, 6.07) is 15.5. The average molecular weight is 406 g/mol. The van der Waals surface area contributed by atoms with E-state index in [-0.39, 0.29) is 5.91 Å². The summed E-state index contributed by atoms with van der Waals surface area (Å²) in [6.07, 6.45) is 0.357. The van der Waals surface area contributed by atoms with Gasteiger partial charge in [-0.3, -0.25) is 4.79 Å². The van der Waals surface area contributed by atoms with Gasteiger partial charge in [-0.1, -0.05) is 53.3 Å². The predicted octanol–water partition coefficient (Wildman–Crippen LogP) is 4.14. The molecule has 2 aromatic carbocycles. The number of carbonyl (C=O) groups excluding carboxylic acids is 1. The van der Waals surface area contributed by atoms with E-state index in [9.17, 15) is 4.79 Å². The van der Waals surface area contributed by atoms with E-state index in [1.165, 1.54) is 11.8 Å². The summed E-state index contributed by atoms with van der Waals surface area (Å²) in [5, 5.41) is 15.3. The van der Waals surface area contributed by atoms with Crippen molar-refractivity contribution >= 4 is 46.7 Å². The van der Waals surface area contributed by atoms with Crippen LogP contribution in [0.1, 0.15) is 6.42 Å². The number of nitrogens with one attached hydrogen (secondary N) is 1. The molecular weight excluding hydrogens is 390 g/mol. The Morgan fingerprint density at radius 1 is 1.23 bits per heavy atom. The van der Waals surface area contributed by atoms with Gasteiger partial charge in [-0.25, -0.2) is 4.68 Å². The van der Waals surface area contributed by atoms with Gasteiger partial charge >= 0.3 is 0 Å². The molecule has 134 valence electrons. The van der Waals surface area contributed by atoms with E-state index in [1.807, 2.05) is 42.5 Å². The molecule has 0 atom stereocenters. The summed E-state index contributed by atoms with van der Waals surface area (Å²) in [5.74, 6) is 0.516. The molecule has 0 saturated heterocycles. The maximum Gasteiger partial charge on any atom is 0.225 e. The van der Waals surface area contributed by atoms with Crippen molar-refractivity contribution in [2.24, 2.45) is 7.05 Å². The van der Waals surface area contributed by atoms with Gasteiger partial charge in [0.1, 0.15) is 0 Å². The lowest BCUT2D eigenvalue weighted by molar-refractivity contribution is -0.115. The normalized spacial score (nSPS) is 10.7. The number of carbonyl (C=O) groups is 1. The Morgan fingerprint density at radius 2 is 2.04 bits per heavy atom. The molecule has 0 fully saturated rings. The third kappa shape index (κ3) is 5.23. The fraction of sp³-hybridized carbons (Fsp3) is 0.176. The van der Waals surface area contributed by atoms with E-state index in [0.717, 1.165) is 9.79 Å². The average Bonchev–Trinajstić information content (AvgIpc) is 3.03. The molecule has 1 N–H and O–H groups in total. The first-order chi connectivity index (χ1) is 12.6. The van der Waals surface area contributed by atoms with Crippen LogP contribution in [0.5, 0.6) is 0 Å². The molecule has 0 aliphatic heterocycles. The predicted molar refractivity (Wildman–Crippen MR) is 105 cm³/mol. The number of nitrogens with zero attached hydrogens (tertiary/aromatic N) is 4. The minimum atomic E-state index is -0.0767. The van der Waals surface area contributed by atoms with Gasteiger partial charge in [0.2, 0.25) is 11.1 Å². The maximum atomic E-state index is 12.1. The smallest absolute Gasteiger partial charge is 0.225 e. The molecule has 1 amide bonds. The van der Waals surface area contributed by atoms with E-state index in [4.69, 9.17) is 11.6 Å². The maximum absolute atomic E-state index is 12.1. The molecule has 26 heavy (non-hydrogen) atoms. The first-order valence-corrected chi connectivity index (χ1v) is 9.97. The molecule has 1 heterocycles. The van der Waals surface area contributed by atoms with Gasteiger partial charge in [0.05, 0.1) is 5.02 Å². The fourth-order valence-electron chi connectivity index (χ4n) is 2.08. The monoisotopic (exact) mass is 405 g/mol. The molecular formula is C17H16ClN5OS2. The highest BCUT2D eigenvalue weighted by atomic mass is 35.5. The van der Waals surface area contributed by atoms with Crippen molar-refractivity contribution < 1.29 is 4.79 Å². The number of aromatic nitrogens is 4. The third-order valence-electron chi connectivity index (χ3n) is 3.33. The number of rotatable bonds is 7. The standard InChI is InChI=1S/C17H16ClN5OS2/c1-23-17(20-21-22-23)25-10-9-16(24)19-12-7-8-15(14(18)11-12)26-13-5-3-2-4-6-13/h2-8,11H,9-10H2,1H3,(H,19,24). The first-order valence-electron chi connectivity index (χ1n) is 7.79. The Bertz CT molecular complexity index is 888. The van der Waals surface area contributed by atoms with Crippen LogP contribution in [0, 0.1) is 0 Å². The fourth-order valence-corrected chi connectivity index (χ4v) is 4.00. The number of anilines is 1. The van der Waals surface area contributed by atoms with Crippen LogP contribution in [0.4, 0.5) is 5.69 Å². The van der Waals surface area contributed by atoms with Gasteiger partial charge in [-0.2, -0.15) is 0 Å². The van der Waals surface area contributed by atoms with E-state index in [1.54, 1.807) is 29.6 Å². The minimum Gasteiger partial charge on any atom is -0.326 e. The number of amides is 1. The van der Waals surface area contributed by atoms with Gasteiger partial charge in [0.15, 0.2) is 0 Å². The van der Waals surface area contributed by atoms with Crippen LogP contribution in [-0.4, -0.2) is 31.9 Å². The summed E-state index contributed by atoms with van der Waals surface area (Å²) in [4.78, 5) is 14.1. The van der Waals surface area contributed by atoms with Crippen molar-refractivity contribution in [2.45, 2.75) is 21.4 Å². The molecule has 0 unspecified atom stereocenters. The van der Waals surface area contributed by atoms with Gasteiger partial charge in [-0.05, 0) is 40.8 Å². The second-order valence-electron chi connectivity index (χ2n) is 5.29. The molecule has 3 rings (SSSR count). The molecule has 1 aromatic heterocycles. The van der Waals surface area contributed by atoms with Crippen LogP contribution in [-0.2, 0) is 11.8 Å². The molecule has 0 bridgehead atoms. The van der Waals surface area contributed by atoms with Crippen molar-refractivity contribution in [1.82, 2.24) is 20.2 Å². The SMILES string of the molecule is Cn1nnnc1SCCC(=O)Nc1ccc(Sc2ccccc2)c(Cl)c1. The van der Waals surface area contributed by atoms with Crippen molar-refractivity contribution in [2.75, 3.05) is 11.1 Å². The lowest BCUT2D eigenvalue weighted by Crippen LogP contribution is -2.12. The van der Waals surface area contributed by atoms with Crippen LogP contribution in [0.15, 0.2) is 63.5 Å². The van der Waals surface area contributed by atoms with Gasteiger partial charge in [-0.15, -0.1) is 5.10 Å². The van der Waals surface area contributed by atoms with Crippen molar-refractivity contribution in [3.63, 3.8) is 0 Å². The first kappa shape index (κ1) is 18.8. The zero-order chi connectivity index (χ0) is 18.4. The lowest BCUT2D eigenvalue weighted by Gasteiger charge is -2.08. The quantitative estimate of drug-likeness (QED) is 0.595. The summed E-state index contributed by atoms with van der Waals surface area (Å²) < 4.78 is 1.57. The number of tetrazole rings is 1.